The Morgan fingerprint density at radius 3 is 2.74 bits per heavy atom. The van der Waals surface area contributed by atoms with E-state index in [1.807, 2.05) is 26.0 Å². The number of β-amino-alcohol motifs (C(OH)–C–C–N with tert-alkyl or cyclic N) is 1. The lowest BCUT2D eigenvalue weighted by Gasteiger charge is -2.21. The van der Waals surface area contributed by atoms with Crippen molar-refractivity contribution in [2.45, 2.75) is 26.4 Å². The quantitative estimate of drug-likeness (QED) is 0.886. The van der Waals surface area contributed by atoms with E-state index in [1.54, 1.807) is 25.0 Å². The van der Waals surface area contributed by atoms with E-state index in [0.717, 1.165) is 5.56 Å². The van der Waals surface area contributed by atoms with Gasteiger partial charge < -0.3 is 14.7 Å². The number of aliphatic hydroxyl groups is 1. The molecule has 1 amide bonds. The van der Waals surface area contributed by atoms with Crippen molar-refractivity contribution in [1.82, 2.24) is 4.90 Å². The molecule has 0 aliphatic carbocycles. The summed E-state index contributed by atoms with van der Waals surface area (Å²) in [6.45, 7) is 6.63. The lowest BCUT2D eigenvalue weighted by Crippen LogP contribution is -2.35. The molecule has 2 rings (SSSR count). The van der Waals surface area contributed by atoms with Gasteiger partial charge in [0.05, 0.1) is 18.3 Å². The molecule has 104 valence electrons. The second kappa shape index (κ2) is 4.85. The van der Waals surface area contributed by atoms with E-state index in [2.05, 4.69) is 0 Å². The van der Waals surface area contributed by atoms with Gasteiger partial charge in [-0.05, 0) is 31.5 Å². The lowest BCUT2D eigenvalue weighted by molar-refractivity contribution is 0.0351. The molecule has 4 nitrogen and oxygen atoms in total. The average molecular weight is 263 g/mol. The molecular weight excluding hydrogens is 242 g/mol. The molecular formula is C15H21NO3. The monoisotopic (exact) mass is 263 g/mol. The van der Waals surface area contributed by atoms with Crippen molar-refractivity contribution in [3.63, 3.8) is 0 Å². The van der Waals surface area contributed by atoms with Crippen LogP contribution >= 0.6 is 0 Å². The molecule has 0 saturated carbocycles. The Bertz CT molecular complexity index is 496. The highest BCUT2D eigenvalue weighted by molar-refractivity contribution is 5.97. The molecule has 19 heavy (non-hydrogen) atoms. The van der Waals surface area contributed by atoms with Crippen molar-refractivity contribution >= 4 is 5.91 Å². The number of likely N-dealkylation sites (tertiary alicyclic amines) is 1. The molecule has 1 heterocycles. The Kier molecular flexibility index (Phi) is 3.54. The van der Waals surface area contributed by atoms with E-state index >= 15 is 0 Å². The molecule has 1 aromatic rings. The molecule has 1 aliphatic rings. The van der Waals surface area contributed by atoms with Crippen LogP contribution in [0.2, 0.25) is 0 Å². The molecule has 1 fully saturated rings. The highest BCUT2D eigenvalue weighted by Gasteiger charge is 2.41. The Morgan fingerprint density at radius 2 is 2.21 bits per heavy atom. The molecule has 1 saturated heterocycles. The standard InChI is InChI=1S/C15H21NO3/c1-10-5-6-12(13(7-10)19-4)14(17)16-8-11(2)15(3,18)9-16/h5-7,11,18H,8-9H2,1-4H3/t11-,15+/m0/s1. The van der Waals surface area contributed by atoms with Gasteiger partial charge in [0.2, 0.25) is 0 Å². The third-order valence-corrected chi connectivity index (χ3v) is 3.94. The van der Waals surface area contributed by atoms with E-state index < -0.39 is 5.60 Å². The van der Waals surface area contributed by atoms with Crippen LogP contribution in [0.3, 0.4) is 0 Å². The summed E-state index contributed by atoms with van der Waals surface area (Å²) in [6, 6.07) is 5.53. The minimum atomic E-state index is -0.812. The zero-order chi connectivity index (χ0) is 14.2. The van der Waals surface area contributed by atoms with Gasteiger partial charge in [-0.15, -0.1) is 0 Å². The Morgan fingerprint density at radius 1 is 1.53 bits per heavy atom. The number of aryl methyl sites for hydroxylation is 1. The van der Waals surface area contributed by atoms with Gasteiger partial charge in [-0.2, -0.15) is 0 Å². The number of benzene rings is 1. The van der Waals surface area contributed by atoms with Crippen LogP contribution in [0.15, 0.2) is 18.2 Å². The van der Waals surface area contributed by atoms with Gasteiger partial charge in [-0.3, -0.25) is 4.79 Å². The predicted molar refractivity (Wildman–Crippen MR) is 73.4 cm³/mol. The normalized spacial score (nSPS) is 26.6. The minimum Gasteiger partial charge on any atom is -0.496 e. The van der Waals surface area contributed by atoms with Crippen LogP contribution in [0.1, 0.15) is 29.8 Å². The number of carbonyl (C=O) groups is 1. The second-order valence-corrected chi connectivity index (χ2v) is 5.65. The summed E-state index contributed by atoms with van der Waals surface area (Å²) in [7, 11) is 1.56. The van der Waals surface area contributed by atoms with Gasteiger partial charge >= 0.3 is 0 Å². The molecule has 2 atom stereocenters. The Balaban J connectivity index is 2.26. The number of hydrogen-bond acceptors (Lipinski definition) is 3. The first-order chi connectivity index (χ1) is 8.85. The van der Waals surface area contributed by atoms with Crippen molar-refractivity contribution < 1.29 is 14.6 Å². The van der Waals surface area contributed by atoms with Crippen LogP contribution in [-0.4, -0.2) is 41.7 Å². The first-order valence-electron chi connectivity index (χ1n) is 6.51. The van der Waals surface area contributed by atoms with Gasteiger partial charge in [-0.25, -0.2) is 0 Å². The largest absolute Gasteiger partial charge is 0.496 e. The zero-order valence-corrected chi connectivity index (χ0v) is 11.9. The van der Waals surface area contributed by atoms with Gasteiger partial charge in [0.15, 0.2) is 0 Å². The van der Waals surface area contributed by atoms with Crippen LogP contribution in [0.4, 0.5) is 0 Å². The molecule has 1 aromatic carbocycles. The number of methoxy groups -OCH3 is 1. The van der Waals surface area contributed by atoms with E-state index in [1.165, 1.54) is 0 Å². The number of nitrogens with zero attached hydrogens (tertiary/aromatic N) is 1. The zero-order valence-electron chi connectivity index (χ0n) is 11.9. The number of amides is 1. The van der Waals surface area contributed by atoms with Crippen LogP contribution < -0.4 is 4.74 Å². The molecule has 1 aliphatic heterocycles. The summed E-state index contributed by atoms with van der Waals surface area (Å²) in [5, 5.41) is 10.2. The Labute approximate surface area is 114 Å². The number of rotatable bonds is 2. The van der Waals surface area contributed by atoms with E-state index in [4.69, 9.17) is 4.74 Å². The summed E-state index contributed by atoms with van der Waals surface area (Å²) in [4.78, 5) is 14.2. The fourth-order valence-electron chi connectivity index (χ4n) is 2.43. The molecule has 0 unspecified atom stereocenters. The van der Waals surface area contributed by atoms with Gasteiger partial charge in [-0.1, -0.05) is 13.0 Å². The third kappa shape index (κ3) is 2.59. The van der Waals surface area contributed by atoms with Crippen molar-refractivity contribution in [3.05, 3.63) is 29.3 Å². The minimum absolute atomic E-state index is 0.0768. The fourth-order valence-corrected chi connectivity index (χ4v) is 2.43. The van der Waals surface area contributed by atoms with Crippen molar-refractivity contribution in [2.75, 3.05) is 20.2 Å². The Hall–Kier alpha value is -1.55. The number of ether oxygens (including phenoxy) is 1. The SMILES string of the molecule is COc1cc(C)ccc1C(=O)N1C[C@H](C)[C@](C)(O)C1. The predicted octanol–water partition coefficient (Wildman–Crippen LogP) is 1.85. The summed E-state index contributed by atoms with van der Waals surface area (Å²) in [5.41, 5.74) is 0.793. The van der Waals surface area contributed by atoms with E-state index in [-0.39, 0.29) is 11.8 Å². The molecule has 0 bridgehead atoms. The summed E-state index contributed by atoms with van der Waals surface area (Å²) >= 11 is 0. The first kappa shape index (κ1) is 13.9. The first-order valence-corrected chi connectivity index (χ1v) is 6.51. The second-order valence-electron chi connectivity index (χ2n) is 5.65. The summed E-state index contributed by atoms with van der Waals surface area (Å²) in [6.07, 6.45) is 0. The summed E-state index contributed by atoms with van der Waals surface area (Å²) in [5.74, 6) is 0.582. The maximum atomic E-state index is 12.5. The maximum absolute atomic E-state index is 12.5. The van der Waals surface area contributed by atoms with Crippen LogP contribution in [0.5, 0.6) is 5.75 Å². The van der Waals surface area contributed by atoms with Gasteiger partial charge in [0, 0.05) is 19.0 Å². The maximum Gasteiger partial charge on any atom is 0.257 e. The van der Waals surface area contributed by atoms with Crippen molar-refractivity contribution in [2.24, 2.45) is 5.92 Å². The highest BCUT2D eigenvalue weighted by Crippen LogP contribution is 2.30. The van der Waals surface area contributed by atoms with Crippen LogP contribution in [-0.2, 0) is 0 Å². The lowest BCUT2D eigenvalue weighted by atomic mass is 9.95. The van der Waals surface area contributed by atoms with Crippen molar-refractivity contribution in [1.29, 1.82) is 0 Å². The molecule has 0 spiro atoms. The van der Waals surface area contributed by atoms with Crippen LogP contribution in [0, 0.1) is 12.8 Å². The topological polar surface area (TPSA) is 49.8 Å². The fraction of sp³-hybridized carbons (Fsp3) is 0.533. The van der Waals surface area contributed by atoms with E-state index in [0.29, 0.717) is 24.4 Å². The smallest absolute Gasteiger partial charge is 0.257 e. The van der Waals surface area contributed by atoms with E-state index in [9.17, 15) is 9.90 Å². The molecule has 0 radical (unpaired) electrons. The highest BCUT2D eigenvalue weighted by atomic mass is 16.5. The average Bonchev–Trinajstić information content (AvgIpc) is 2.63. The number of carbonyl (C=O) groups excluding carboxylic acids is 1. The van der Waals surface area contributed by atoms with Crippen molar-refractivity contribution in [3.8, 4) is 5.75 Å². The molecule has 4 heteroatoms. The van der Waals surface area contributed by atoms with Gasteiger partial charge in [0.25, 0.3) is 5.91 Å². The van der Waals surface area contributed by atoms with Gasteiger partial charge in [0.1, 0.15) is 5.75 Å². The molecule has 1 N–H and O–H groups in total. The van der Waals surface area contributed by atoms with Crippen LogP contribution in [0.25, 0.3) is 0 Å². The molecule has 0 aromatic heterocycles. The summed E-state index contributed by atoms with van der Waals surface area (Å²) < 4.78 is 5.28. The number of hydrogen-bond donors (Lipinski definition) is 1. The third-order valence-electron chi connectivity index (χ3n) is 3.94.